The third kappa shape index (κ3) is 3.28. The molecule has 0 bridgehead atoms. The molecule has 0 spiro atoms. The topological polar surface area (TPSA) is 68.1 Å². The second kappa shape index (κ2) is 5.78. The molecule has 0 amide bonds. The number of esters is 1. The number of fused-ring (bicyclic) bond motifs is 1. The molecule has 0 saturated heterocycles. The van der Waals surface area contributed by atoms with Gasteiger partial charge in [-0.1, -0.05) is 20.3 Å². The highest BCUT2D eigenvalue weighted by molar-refractivity contribution is 5.95. The van der Waals surface area contributed by atoms with Crippen LogP contribution < -0.4 is 5.73 Å². The number of hydrogen-bond donors (Lipinski definition) is 2. The summed E-state index contributed by atoms with van der Waals surface area (Å²) >= 11 is 0. The molecule has 19 heavy (non-hydrogen) atoms. The Morgan fingerprint density at radius 3 is 2.95 bits per heavy atom. The molecule has 4 heteroatoms. The fraction of sp³-hybridized carbons (Fsp3) is 0.400. The molecular formula is C15H20N2O2. The minimum absolute atomic E-state index is 0.308. The summed E-state index contributed by atoms with van der Waals surface area (Å²) < 4.78 is 5.30. The van der Waals surface area contributed by atoms with Crippen molar-refractivity contribution < 1.29 is 9.53 Å². The van der Waals surface area contributed by atoms with Crippen molar-refractivity contribution in [2.75, 3.05) is 12.3 Å². The second-order valence-electron chi connectivity index (χ2n) is 5.02. The SMILES string of the molecule is CCCC(C)COC(=O)c1cc2cc(N)ccc2[nH]1. The fourth-order valence-corrected chi connectivity index (χ4v) is 2.13. The summed E-state index contributed by atoms with van der Waals surface area (Å²) in [5, 5.41) is 0.925. The van der Waals surface area contributed by atoms with Crippen molar-refractivity contribution in [2.24, 2.45) is 5.92 Å². The number of nitrogen functional groups attached to an aromatic ring is 1. The Bertz CT molecular complexity index is 575. The molecule has 102 valence electrons. The number of aromatic nitrogens is 1. The lowest BCUT2D eigenvalue weighted by Crippen LogP contribution is -2.12. The van der Waals surface area contributed by atoms with Crippen molar-refractivity contribution in [3.8, 4) is 0 Å². The zero-order valence-corrected chi connectivity index (χ0v) is 11.4. The Morgan fingerprint density at radius 1 is 1.42 bits per heavy atom. The quantitative estimate of drug-likeness (QED) is 0.640. The normalized spacial score (nSPS) is 12.5. The molecule has 1 heterocycles. The monoisotopic (exact) mass is 260 g/mol. The number of carbonyl (C=O) groups is 1. The molecule has 0 fully saturated rings. The van der Waals surface area contributed by atoms with Gasteiger partial charge in [-0.15, -0.1) is 0 Å². The van der Waals surface area contributed by atoms with E-state index in [-0.39, 0.29) is 5.97 Å². The Balaban J connectivity index is 2.05. The van der Waals surface area contributed by atoms with Crippen LogP contribution in [0.5, 0.6) is 0 Å². The number of ether oxygens (including phenoxy) is 1. The van der Waals surface area contributed by atoms with Gasteiger partial charge >= 0.3 is 5.97 Å². The highest BCUT2D eigenvalue weighted by atomic mass is 16.5. The average Bonchev–Trinajstić information content (AvgIpc) is 2.79. The third-order valence-corrected chi connectivity index (χ3v) is 3.15. The Hall–Kier alpha value is -1.97. The van der Waals surface area contributed by atoms with Gasteiger partial charge in [0, 0.05) is 16.6 Å². The number of benzene rings is 1. The number of anilines is 1. The summed E-state index contributed by atoms with van der Waals surface area (Å²) in [5.74, 6) is 0.0895. The number of rotatable bonds is 5. The number of nitrogens with one attached hydrogen (secondary N) is 1. The van der Waals surface area contributed by atoms with E-state index in [1.54, 1.807) is 12.1 Å². The minimum atomic E-state index is -0.308. The number of H-pyrrole nitrogens is 1. The van der Waals surface area contributed by atoms with Gasteiger partial charge in [0.2, 0.25) is 0 Å². The van der Waals surface area contributed by atoms with Crippen molar-refractivity contribution in [3.63, 3.8) is 0 Å². The Morgan fingerprint density at radius 2 is 2.21 bits per heavy atom. The van der Waals surface area contributed by atoms with E-state index < -0.39 is 0 Å². The summed E-state index contributed by atoms with van der Waals surface area (Å²) in [6, 6.07) is 7.28. The van der Waals surface area contributed by atoms with Gasteiger partial charge in [0.15, 0.2) is 0 Å². The maximum atomic E-state index is 11.9. The van der Waals surface area contributed by atoms with Gasteiger partial charge in [-0.3, -0.25) is 0 Å². The predicted octanol–water partition coefficient (Wildman–Crippen LogP) is 3.34. The van der Waals surface area contributed by atoms with E-state index in [0.717, 1.165) is 23.7 Å². The first-order valence-electron chi connectivity index (χ1n) is 6.65. The van der Waals surface area contributed by atoms with Crippen molar-refractivity contribution in [1.82, 2.24) is 4.98 Å². The van der Waals surface area contributed by atoms with E-state index in [2.05, 4.69) is 18.8 Å². The zero-order valence-electron chi connectivity index (χ0n) is 11.4. The van der Waals surface area contributed by atoms with Gasteiger partial charge in [0.05, 0.1) is 6.61 Å². The molecule has 1 atom stereocenters. The molecule has 0 aliphatic carbocycles. The van der Waals surface area contributed by atoms with Crippen LogP contribution in [0.25, 0.3) is 10.9 Å². The molecule has 4 nitrogen and oxygen atoms in total. The van der Waals surface area contributed by atoms with Crippen LogP contribution in [-0.4, -0.2) is 17.6 Å². The van der Waals surface area contributed by atoms with Crippen LogP contribution in [0.3, 0.4) is 0 Å². The molecule has 1 aromatic heterocycles. The van der Waals surface area contributed by atoms with E-state index in [4.69, 9.17) is 10.5 Å². The van der Waals surface area contributed by atoms with Crippen LogP contribution in [-0.2, 0) is 4.74 Å². The molecule has 2 rings (SSSR count). The van der Waals surface area contributed by atoms with Crippen LogP contribution in [0.1, 0.15) is 37.2 Å². The van der Waals surface area contributed by atoms with E-state index in [9.17, 15) is 4.79 Å². The maximum absolute atomic E-state index is 11.9. The van der Waals surface area contributed by atoms with E-state index >= 15 is 0 Å². The lowest BCUT2D eigenvalue weighted by molar-refractivity contribution is 0.0438. The van der Waals surface area contributed by atoms with E-state index in [1.165, 1.54) is 0 Å². The smallest absolute Gasteiger partial charge is 0.354 e. The molecule has 0 saturated carbocycles. The molecule has 0 radical (unpaired) electrons. The fourth-order valence-electron chi connectivity index (χ4n) is 2.13. The number of nitrogens with two attached hydrogens (primary N) is 1. The van der Waals surface area contributed by atoms with Gasteiger partial charge in [0.25, 0.3) is 0 Å². The Labute approximate surface area is 112 Å². The van der Waals surface area contributed by atoms with Crippen molar-refractivity contribution in [3.05, 3.63) is 30.0 Å². The van der Waals surface area contributed by atoms with Crippen LogP contribution >= 0.6 is 0 Å². The van der Waals surface area contributed by atoms with Gasteiger partial charge in [0.1, 0.15) is 5.69 Å². The van der Waals surface area contributed by atoms with Crippen LogP contribution in [0.4, 0.5) is 5.69 Å². The maximum Gasteiger partial charge on any atom is 0.354 e. The molecule has 1 unspecified atom stereocenters. The first-order valence-corrected chi connectivity index (χ1v) is 6.65. The zero-order chi connectivity index (χ0) is 13.8. The lowest BCUT2D eigenvalue weighted by atomic mass is 10.1. The summed E-state index contributed by atoms with van der Waals surface area (Å²) in [6.07, 6.45) is 2.17. The van der Waals surface area contributed by atoms with Gasteiger partial charge in [-0.25, -0.2) is 4.79 Å². The van der Waals surface area contributed by atoms with Crippen molar-refractivity contribution >= 4 is 22.6 Å². The minimum Gasteiger partial charge on any atom is -0.461 e. The third-order valence-electron chi connectivity index (χ3n) is 3.15. The Kier molecular flexibility index (Phi) is 4.10. The highest BCUT2D eigenvalue weighted by Gasteiger charge is 2.12. The van der Waals surface area contributed by atoms with Crippen LogP contribution in [0.15, 0.2) is 24.3 Å². The molecule has 0 aliphatic rings. The van der Waals surface area contributed by atoms with Crippen molar-refractivity contribution in [1.29, 1.82) is 0 Å². The van der Waals surface area contributed by atoms with Crippen LogP contribution in [0, 0.1) is 5.92 Å². The largest absolute Gasteiger partial charge is 0.461 e. The first kappa shape index (κ1) is 13.5. The highest BCUT2D eigenvalue weighted by Crippen LogP contribution is 2.19. The summed E-state index contributed by atoms with van der Waals surface area (Å²) in [4.78, 5) is 15.0. The lowest BCUT2D eigenvalue weighted by Gasteiger charge is -2.09. The van der Waals surface area contributed by atoms with E-state index in [0.29, 0.717) is 23.9 Å². The number of carbonyl (C=O) groups excluding carboxylic acids is 1. The average molecular weight is 260 g/mol. The number of hydrogen-bond acceptors (Lipinski definition) is 3. The van der Waals surface area contributed by atoms with Gasteiger partial charge in [-0.05, 0) is 36.6 Å². The van der Waals surface area contributed by atoms with Crippen molar-refractivity contribution in [2.45, 2.75) is 26.7 Å². The predicted molar refractivity (Wildman–Crippen MR) is 77.1 cm³/mol. The number of aromatic amines is 1. The van der Waals surface area contributed by atoms with E-state index in [1.807, 2.05) is 12.1 Å². The molecule has 1 aromatic carbocycles. The van der Waals surface area contributed by atoms with Gasteiger partial charge < -0.3 is 15.5 Å². The molecule has 0 aliphatic heterocycles. The summed E-state index contributed by atoms with van der Waals surface area (Å²) in [5.41, 5.74) is 7.76. The second-order valence-corrected chi connectivity index (χ2v) is 5.02. The molecule has 3 N–H and O–H groups in total. The standard InChI is InChI=1S/C15H20N2O2/c1-3-4-10(2)9-19-15(18)14-8-11-7-12(16)5-6-13(11)17-14/h5-8,10,17H,3-4,9,16H2,1-2H3. The van der Waals surface area contributed by atoms with Crippen LogP contribution in [0.2, 0.25) is 0 Å². The molecule has 2 aromatic rings. The summed E-state index contributed by atoms with van der Waals surface area (Å²) in [7, 11) is 0. The summed E-state index contributed by atoms with van der Waals surface area (Å²) in [6.45, 7) is 4.67. The molecular weight excluding hydrogens is 240 g/mol. The van der Waals surface area contributed by atoms with Gasteiger partial charge in [-0.2, -0.15) is 0 Å². The first-order chi connectivity index (χ1) is 9.10.